The molecule has 0 unspecified atom stereocenters. The average molecular weight is 326 g/mol. The SMILES string of the molecule is CC(C)NC(CCC(C)(C)C)(CCC(C)(C)C)CCC(C)(C)C. The molecule has 1 N–H and O–H groups in total. The van der Waals surface area contributed by atoms with Crippen LogP contribution in [0.5, 0.6) is 0 Å². The first-order valence-electron chi connectivity index (χ1n) is 9.81. The van der Waals surface area contributed by atoms with Gasteiger partial charge in [-0.2, -0.15) is 0 Å². The van der Waals surface area contributed by atoms with Crippen LogP contribution in [0.3, 0.4) is 0 Å². The fourth-order valence-corrected chi connectivity index (χ4v) is 3.05. The summed E-state index contributed by atoms with van der Waals surface area (Å²) in [7, 11) is 0. The zero-order valence-corrected chi connectivity index (χ0v) is 18.3. The van der Waals surface area contributed by atoms with E-state index in [0.29, 0.717) is 27.8 Å². The minimum atomic E-state index is 0.294. The Morgan fingerprint density at radius 2 is 0.783 bits per heavy atom. The number of rotatable bonds is 8. The Hall–Kier alpha value is -0.0400. The molecule has 0 spiro atoms. The lowest BCUT2D eigenvalue weighted by Gasteiger charge is -2.42. The van der Waals surface area contributed by atoms with Crippen LogP contribution in [0.25, 0.3) is 0 Å². The predicted octanol–water partition coefficient (Wildman–Crippen LogP) is 7.20. The highest BCUT2D eigenvalue weighted by Crippen LogP contribution is 2.37. The fourth-order valence-electron chi connectivity index (χ4n) is 3.05. The van der Waals surface area contributed by atoms with Crippen molar-refractivity contribution in [3.8, 4) is 0 Å². The lowest BCUT2D eigenvalue weighted by Crippen LogP contribution is -2.50. The van der Waals surface area contributed by atoms with Crippen LogP contribution in [0.15, 0.2) is 0 Å². The fraction of sp³-hybridized carbons (Fsp3) is 1.00. The maximum absolute atomic E-state index is 4.01. The lowest BCUT2D eigenvalue weighted by atomic mass is 9.73. The molecule has 0 atom stereocenters. The third-order valence-electron chi connectivity index (χ3n) is 4.66. The Morgan fingerprint density at radius 3 is 0.957 bits per heavy atom. The number of hydrogen-bond acceptors (Lipinski definition) is 1. The maximum Gasteiger partial charge on any atom is 0.0184 e. The van der Waals surface area contributed by atoms with E-state index >= 15 is 0 Å². The zero-order chi connectivity index (χ0) is 18.5. The van der Waals surface area contributed by atoms with E-state index in [1.165, 1.54) is 38.5 Å². The summed E-state index contributed by atoms with van der Waals surface area (Å²) in [5.74, 6) is 0. The molecule has 0 aromatic heterocycles. The monoisotopic (exact) mass is 325 g/mol. The first kappa shape index (κ1) is 23.0. The van der Waals surface area contributed by atoms with Gasteiger partial charge in [-0.05, 0) is 54.8 Å². The highest BCUT2D eigenvalue weighted by atomic mass is 15.0. The second kappa shape index (κ2) is 8.37. The summed E-state index contributed by atoms with van der Waals surface area (Å²) < 4.78 is 0. The van der Waals surface area contributed by atoms with Crippen molar-refractivity contribution in [1.29, 1.82) is 0 Å². The lowest BCUT2D eigenvalue weighted by molar-refractivity contribution is 0.159. The topological polar surface area (TPSA) is 12.0 Å². The number of hydrogen-bond donors (Lipinski definition) is 1. The largest absolute Gasteiger partial charge is 0.309 e. The molecule has 23 heavy (non-hydrogen) atoms. The molecule has 0 aliphatic carbocycles. The van der Waals surface area contributed by atoms with Crippen LogP contribution in [0.4, 0.5) is 0 Å². The van der Waals surface area contributed by atoms with Crippen molar-refractivity contribution < 1.29 is 0 Å². The van der Waals surface area contributed by atoms with Crippen molar-refractivity contribution in [3.05, 3.63) is 0 Å². The second-order valence-electron chi connectivity index (χ2n) is 11.8. The Labute approximate surface area is 148 Å². The molecule has 0 saturated heterocycles. The van der Waals surface area contributed by atoms with E-state index in [4.69, 9.17) is 0 Å². The summed E-state index contributed by atoms with van der Waals surface area (Å²) in [4.78, 5) is 0. The molecule has 0 aliphatic heterocycles. The highest BCUT2D eigenvalue weighted by molar-refractivity contribution is 4.92. The van der Waals surface area contributed by atoms with E-state index in [2.05, 4.69) is 81.5 Å². The van der Waals surface area contributed by atoms with Gasteiger partial charge in [-0.1, -0.05) is 76.2 Å². The van der Waals surface area contributed by atoms with Crippen molar-refractivity contribution in [2.45, 2.75) is 126 Å². The van der Waals surface area contributed by atoms with Gasteiger partial charge in [0.15, 0.2) is 0 Å². The highest BCUT2D eigenvalue weighted by Gasteiger charge is 2.34. The van der Waals surface area contributed by atoms with E-state index in [0.717, 1.165) is 0 Å². The van der Waals surface area contributed by atoms with Crippen LogP contribution in [-0.2, 0) is 0 Å². The van der Waals surface area contributed by atoms with Gasteiger partial charge >= 0.3 is 0 Å². The molecule has 0 saturated carbocycles. The van der Waals surface area contributed by atoms with E-state index in [-0.39, 0.29) is 0 Å². The molecule has 0 radical (unpaired) electrons. The van der Waals surface area contributed by atoms with Crippen molar-refractivity contribution >= 4 is 0 Å². The molecule has 0 rings (SSSR count). The molecule has 0 heterocycles. The summed E-state index contributed by atoms with van der Waals surface area (Å²) in [6.45, 7) is 26.0. The quantitative estimate of drug-likeness (QED) is 0.497. The van der Waals surface area contributed by atoms with Crippen LogP contribution < -0.4 is 5.32 Å². The van der Waals surface area contributed by atoms with Crippen LogP contribution in [-0.4, -0.2) is 11.6 Å². The van der Waals surface area contributed by atoms with Gasteiger partial charge in [0.25, 0.3) is 0 Å². The van der Waals surface area contributed by atoms with Crippen LogP contribution >= 0.6 is 0 Å². The third-order valence-corrected chi connectivity index (χ3v) is 4.66. The summed E-state index contributed by atoms with van der Waals surface area (Å²) in [6, 6.07) is 0.551. The average Bonchev–Trinajstić information content (AvgIpc) is 2.27. The van der Waals surface area contributed by atoms with Crippen molar-refractivity contribution in [2.24, 2.45) is 16.2 Å². The van der Waals surface area contributed by atoms with Gasteiger partial charge in [-0.25, -0.2) is 0 Å². The second-order valence-corrected chi connectivity index (χ2v) is 11.8. The Morgan fingerprint density at radius 1 is 0.522 bits per heavy atom. The Bertz CT molecular complexity index is 274. The van der Waals surface area contributed by atoms with Gasteiger partial charge in [-0.3, -0.25) is 0 Å². The van der Waals surface area contributed by atoms with Gasteiger partial charge in [0, 0.05) is 11.6 Å². The molecule has 0 aromatic carbocycles. The molecule has 0 fully saturated rings. The predicted molar refractivity (Wildman–Crippen MR) is 107 cm³/mol. The molecule has 1 nitrogen and oxygen atoms in total. The first-order valence-corrected chi connectivity index (χ1v) is 9.81. The minimum absolute atomic E-state index is 0.294. The van der Waals surface area contributed by atoms with Crippen LogP contribution in [0.2, 0.25) is 0 Å². The molecule has 1 heteroatoms. The van der Waals surface area contributed by atoms with E-state index in [9.17, 15) is 0 Å². The summed E-state index contributed by atoms with van der Waals surface area (Å²) >= 11 is 0. The van der Waals surface area contributed by atoms with Gasteiger partial charge in [0.2, 0.25) is 0 Å². The molecule has 0 bridgehead atoms. The van der Waals surface area contributed by atoms with E-state index in [1.807, 2.05) is 0 Å². The summed E-state index contributed by atoms with van der Waals surface area (Å²) in [5, 5.41) is 4.01. The first-order chi connectivity index (χ1) is 10.0. The van der Waals surface area contributed by atoms with Crippen molar-refractivity contribution in [1.82, 2.24) is 5.32 Å². The standard InChI is InChI=1S/C22H47N/c1-18(2)23-22(15-12-19(3,4)5,16-13-20(6,7)8)17-14-21(9,10)11/h18,23H,12-17H2,1-11H3. The molecule has 140 valence electrons. The van der Waals surface area contributed by atoms with Crippen LogP contribution in [0.1, 0.15) is 115 Å². The normalized spacial score (nSPS) is 14.6. The zero-order valence-electron chi connectivity index (χ0n) is 18.3. The third kappa shape index (κ3) is 13.0. The van der Waals surface area contributed by atoms with E-state index < -0.39 is 0 Å². The van der Waals surface area contributed by atoms with Gasteiger partial charge in [0.1, 0.15) is 0 Å². The van der Waals surface area contributed by atoms with E-state index in [1.54, 1.807) is 0 Å². The molecule has 0 aliphatic rings. The van der Waals surface area contributed by atoms with Gasteiger partial charge < -0.3 is 5.32 Å². The van der Waals surface area contributed by atoms with Crippen molar-refractivity contribution in [2.75, 3.05) is 0 Å². The molecular weight excluding hydrogens is 278 g/mol. The molecule has 0 aromatic rings. The number of nitrogens with one attached hydrogen (secondary N) is 1. The Kier molecular flexibility index (Phi) is 8.35. The molecule has 0 amide bonds. The Balaban J connectivity index is 5.25. The summed E-state index contributed by atoms with van der Waals surface area (Å²) in [6.07, 6.45) is 7.76. The minimum Gasteiger partial charge on any atom is -0.309 e. The van der Waals surface area contributed by atoms with Crippen molar-refractivity contribution in [3.63, 3.8) is 0 Å². The van der Waals surface area contributed by atoms with Gasteiger partial charge in [-0.15, -0.1) is 0 Å². The van der Waals surface area contributed by atoms with Crippen LogP contribution in [0, 0.1) is 16.2 Å². The summed E-state index contributed by atoms with van der Waals surface area (Å²) in [5.41, 5.74) is 1.52. The maximum atomic E-state index is 4.01. The molecular formula is C22H47N. The van der Waals surface area contributed by atoms with Gasteiger partial charge in [0.05, 0.1) is 0 Å². The smallest absolute Gasteiger partial charge is 0.0184 e.